The average molecular weight is 450 g/mol. The minimum Gasteiger partial charge on any atom is -0.324 e. The number of hydrogen-bond donors (Lipinski definition) is 1. The summed E-state index contributed by atoms with van der Waals surface area (Å²) in [5, 5.41) is 3.16. The molecule has 1 aliphatic carbocycles. The molecule has 6 nitrogen and oxygen atoms in total. The Morgan fingerprint density at radius 3 is 2.59 bits per heavy atom. The summed E-state index contributed by atoms with van der Waals surface area (Å²) in [6, 6.07) is 14.3. The Kier molecular flexibility index (Phi) is 5.22. The number of benzene rings is 2. The number of carbonyl (C=O) groups is 1. The molecule has 0 radical (unpaired) electrons. The third kappa shape index (κ3) is 3.56. The van der Waals surface area contributed by atoms with Crippen molar-refractivity contribution < 1.29 is 9.18 Å². The lowest BCUT2D eigenvalue weighted by atomic mass is 9.97. The number of hydrogen-bond acceptors (Lipinski definition) is 4. The van der Waals surface area contributed by atoms with Crippen molar-refractivity contribution in [3.8, 4) is 5.69 Å². The largest absolute Gasteiger partial charge is 0.337 e. The number of fused-ring (bicyclic) bond motifs is 3. The molecule has 0 fully saturated rings. The molecule has 0 spiro atoms. The number of rotatable bonds is 4. The van der Waals surface area contributed by atoms with E-state index < -0.39 is 17.4 Å². The minimum absolute atomic E-state index is 0.279. The van der Waals surface area contributed by atoms with Crippen molar-refractivity contribution in [2.75, 3.05) is 5.32 Å². The van der Waals surface area contributed by atoms with Gasteiger partial charge < -0.3 is 5.32 Å². The Hall–Kier alpha value is -3.52. The Balaban J connectivity index is 1.67. The van der Waals surface area contributed by atoms with Gasteiger partial charge in [0.25, 0.3) is 5.56 Å². The van der Waals surface area contributed by atoms with E-state index in [9.17, 15) is 18.8 Å². The molecule has 4 aromatic rings. The molecule has 0 saturated heterocycles. The first-order valence-electron chi connectivity index (χ1n) is 10.4. The fourth-order valence-electron chi connectivity index (χ4n) is 4.22. The molecule has 5 rings (SSSR count). The maximum Gasteiger partial charge on any atom is 0.337 e. The summed E-state index contributed by atoms with van der Waals surface area (Å²) in [5.74, 6) is -0.936. The van der Waals surface area contributed by atoms with Crippen molar-refractivity contribution in [1.82, 2.24) is 9.13 Å². The van der Waals surface area contributed by atoms with E-state index in [4.69, 9.17) is 0 Å². The normalized spacial score (nSPS) is 13.2. The topological polar surface area (TPSA) is 73.1 Å². The molecule has 0 aliphatic heterocycles. The first-order valence-corrected chi connectivity index (χ1v) is 11.3. The number of carbonyl (C=O) groups excluding carboxylic acids is 1. The number of nitrogens with one attached hydrogen (secondary N) is 1. The molecule has 0 bridgehead atoms. The molecule has 2 aromatic heterocycles. The van der Waals surface area contributed by atoms with E-state index >= 15 is 0 Å². The Morgan fingerprint density at radius 1 is 1.03 bits per heavy atom. The summed E-state index contributed by atoms with van der Waals surface area (Å²) in [6.07, 6.45) is 3.68. The van der Waals surface area contributed by atoms with Gasteiger partial charge in [0.1, 0.15) is 17.2 Å². The zero-order valence-corrected chi connectivity index (χ0v) is 18.0. The average Bonchev–Trinajstić information content (AvgIpc) is 3.17. The SMILES string of the molecule is O=C(Cn1c(=O)n(-c2ccccc2)c(=O)c2c3c(sc21)CCCC3)Nc1cccc(F)c1. The van der Waals surface area contributed by atoms with Crippen molar-refractivity contribution >= 4 is 33.1 Å². The van der Waals surface area contributed by atoms with Crippen LogP contribution >= 0.6 is 11.3 Å². The second-order valence-corrected chi connectivity index (χ2v) is 8.88. The fraction of sp³-hybridized carbons (Fsp3) is 0.208. The van der Waals surface area contributed by atoms with Crippen LogP contribution in [0.25, 0.3) is 15.9 Å². The van der Waals surface area contributed by atoms with Gasteiger partial charge in [-0.1, -0.05) is 24.3 Å². The lowest BCUT2D eigenvalue weighted by molar-refractivity contribution is -0.116. The fourth-order valence-corrected chi connectivity index (χ4v) is 5.60. The predicted octanol–water partition coefficient (Wildman–Crippen LogP) is 3.87. The van der Waals surface area contributed by atoms with Crippen molar-refractivity contribution in [2.45, 2.75) is 32.2 Å². The summed E-state index contributed by atoms with van der Waals surface area (Å²) >= 11 is 1.42. The van der Waals surface area contributed by atoms with E-state index in [1.807, 2.05) is 6.07 Å². The maximum absolute atomic E-state index is 13.5. The molecule has 2 aromatic carbocycles. The molecule has 2 heterocycles. The van der Waals surface area contributed by atoms with E-state index in [1.54, 1.807) is 30.3 Å². The van der Waals surface area contributed by atoms with Gasteiger partial charge in [-0.15, -0.1) is 11.3 Å². The monoisotopic (exact) mass is 449 g/mol. The van der Waals surface area contributed by atoms with Crippen LogP contribution in [0.4, 0.5) is 10.1 Å². The van der Waals surface area contributed by atoms with Gasteiger partial charge in [-0.05, 0) is 61.6 Å². The zero-order valence-electron chi connectivity index (χ0n) is 17.1. The van der Waals surface area contributed by atoms with Gasteiger partial charge in [0, 0.05) is 10.6 Å². The Bertz CT molecular complexity index is 1450. The molecule has 0 atom stereocenters. The van der Waals surface area contributed by atoms with E-state index in [0.29, 0.717) is 21.6 Å². The number of amides is 1. The number of para-hydroxylation sites is 1. The van der Waals surface area contributed by atoms with E-state index in [-0.39, 0.29) is 12.1 Å². The van der Waals surface area contributed by atoms with Gasteiger partial charge in [0.15, 0.2) is 0 Å². The zero-order chi connectivity index (χ0) is 22.2. The van der Waals surface area contributed by atoms with Gasteiger partial charge in [-0.3, -0.25) is 14.2 Å². The highest BCUT2D eigenvalue weighted by molar-refractivity contribution is 7.18. The van der Waals surface area contributed by atoms with Crippen molar-refractivity contribution in [1.29, 1.82) is 0 Å². The van der Waals surface area contributed by atoms with Crippen molar-refractivity contribution in [2.24, 2.45) is 0 Å². The van der Waals surface area contributed by atoms with Crippen LogP contribution in [0.2, 0.25) is 0 Å². The van der Waals surface area contributed by atoms with Crippen LogP contribution in [0.5, 0.6) is 0 Å². The Morgan fingerprint density at radius 2 is 1.81 bits per heavy atom. The molecular weight excluding hydrogens is 429 g/mol. The number of anilines is 1. The summed E-state index contributed by atoms with van der Waals surface area (Å²) in [5.41, 5.74) is 0.838. The van der Waals surface area contributed by atoms with Crippen LogP contribution in [-0.4, -0.2) is 15.0 Å². The first kappa shape index (κ1) is 20.4. The second-order valence-electron chi connectivity index (χ2n) is 7.79. The van der Waals surface area contributed by atoms with Gasteiger partial charge in [-0.2, -0.15) is 0 Å². The number of aryl methyl sites for hydroxylation is 2. The number of thiophene rings is 1. The first-order chi connectivity index (χ1) is 15.5. The van der Waals surface area contributed by atoms with E-state index in [0.717, 1.165) is 40.7 Å². The molecule has 32 heavy (non-hydrogen) atoms. The van der Waals surface area contributed by atoms with Gasteiger partial charge in [-0.25, -0.2) is 13.8 Å². The van der Waals surface area contributed by atoms with Crippen LogP contribution in [0.15, 0.2) is 64.2 Å². The molecule has 0 unspecified atom stereocenters. The molecule has 162 valence electrons. The van der Waals surface area contributed by atoms with Gasteiger partial charge >= 0.3 is 5.69 Å². The van der Waals surface area contributed by atoms with Crippen LogP contribution in [0.1, 0.15) is 23.3 Å². The predicted molar refractivity (Wildman–Crippen MR) is 123 cm³/mol. The van der Waals surface area contributed by atoms with E-state index in [1.165, 1.54) is 34.1 Å². The smallest absolute Gasteiger partial charge is 0.324 e. The van der Waals surface area contributed by atoms with Crippen LogP contribution in [-0.2, 0) is 24.2 Å². The van der Waals surface area contributed by atoms with E-state index in [2.05, 4.69) is 5.32 Å². The van der Waals surface area contributed by atoms with Crippen LogP contribution < -0.4 is 16.6 Å². The molecule has 1 aliphatic rings. The quantitative estimate of drug-likeness (QED) is 0.514. The standard InChI is InChI=1S/C24H20FN3O3S/c25-15-7-6-8-16(13-15)26-20(29)14-27-23-21(18-11-4-5-12-19(18)32-23)22(30)28(24(27)31)17-9-2-1-3-10-17/h1-3,6-10,13H,4-5,11-12,14H2,(H,26,29). The lowest BCUT2D eigenvalue weighted by Gasteiger charge is -2.13. The minimum atomic E-state index is -0.568. The van der Waals surface area contributed by atoms with Crippen LogP contribution in [0, 0.1) is 5.82 Å². The number of aromatic nitrogens is 2. The molecule has 1 N–H and O–H groups in total. The lowest BCUT2D eigenvalue weighted by Crippen LogP contribution is -2.40. The summed E-state index contributed by atoms with van der Waals surface area (Å²) in [4.78, 5) is 41.3. The summed E-state index contributed by atoms with van der Waals surface area (Å²) < 4.78 is 16.0. The third-order valence-electron chi connectivity index (χ3n) is 5.66. The highest BCUT2D eigenvalue weighted by Gasteiger charge is 2.25. The molecular formula is C24H20FN3O3S. The molecule has 8 heteroatoms. The highest BCUT2D eigenvalue weighted by atomic mass is 32.1. The van der Waals surface area contributed by atoms with Crippen molar-refractivity contribution in [3.05, 3.63) is 91.7 Å². The summed E-state index contributed by atoms with van der Waals surface area (Å²) in [6.45, 7) is -0.279. The molecule has 0 saturated carbocycles. The number of nitrogens with zero attached hydrogens (tertiary/aromatic N) is 2. The van der Waals surface area contributed by atoms with Gasteiger partial charge in [0.05, 0.1) is 11.1 Å². The third-order valence-corrected chi connectivity index (χ3v) is 6.98. The van der Waals surface area contributed by atoms with Crippen molar-refractivity contribution in [3.63, 3.8) is 0 Å². The number of halogens is 1. The van der Waals surface area contributed by atoms with Crippen LogP contribution in [0.3, 0.4) is 0 Å². The Labute approximate surface area is 186 Å². The highest BCUT2D eigenvalue weighted by Crippen LogP contribution is 2.34. The molecule has 1 amide bonds. The maximum atomic E-state index is 13.5. The summed E-state index contributed by atoms with van der Waals surface area (Å²) in [7, 11) is 0. The van der Waals surface area contributed by atoms with Gasteiger partial charge in [0.2, 0.25) is 5.91 Å². The second kappa shape index (κ2) is 8.20.